The van der Waals surface area contributed by atoms with Crippen LogP contribution in [0, 0.1) is 6.92 Å². The molecule has 0 fully saturated rings. The summed E-state index contributed by atoms with van der Waals surface area (Å²) in [6.07, 6.45) is 3.94. The van der Waals surface area contributed by atoms with Crippen LogP contribution in [0.25, 0.3) is 0 Å². The molecular weight excluding hydrogens is 148 g/mol. The summed E-state index contributed by atoms with van der Waals surface area (Å²) < 4.78 is 1.97. The molecule has 1 rings (SSSR count). The number of hydrogen-bond donors (Lipinski definition) is 0. The first-order valence-electron chi connectivity index (χ1n) is 4.52. The van der Waals surface area contributed by atoms with Gasteiger partial charge in [-0.2, -0.15) is 5.10 Å². The standard InChI is InChI=1S/C8H14N2.C2H6/c1-7-5-9-10(6-7)8(2,3)4;1-2/h5-6H,1-4H3;1-2H3. The first kappa shape index (κ1) is 11.2. The van der Waals surface area contributed by atoms with Crippen molar-refractivity contribution >= 4 is 0 Å². The van der Waals surface area contributed by atoms with E-state index in [1.165, 1.54) is 5.56 Å². The van der Waals surface area contributed by atoms with E-state index in [2.05, 4.69) is 39.0 Å². The molecule has 1 aromatic rings. The second kappa shape index (κ2) is 4.29. The molecule has 0 bridgehead atoms. The summed E-state index contributed by atoms with van der Waals surface area (Å²) >= 11 is 0. The summed E-state index contributed by atoms with van der Waals surface area (Å²) in [5.41, 5.74) is 1.34. The SMILES string of the molecule is CC.Cc1cnn(C(C)(C)C)c1. The molecule has 0 saturated carbocycles. The van der Waals surface area contributed by atoms with Crippen molar-refractivity contribution in [1.82, 2.24) is 9.78 Å². The molecule has 2 nitrogen and oxygen atoms in total. The van der Waals surface area contributed by atoms with E-state index in [1.54, 1.807) is 0 Å². The fourth-order valence-corrected chi connectivity index (χ4v) is 0.780. The largest absolute Gasteiger partial charge is 0.267 e. The third-order valence-corrected chi connectivity index (χ3v) is 1.40. The van der Waals surface area contributed by atoms with Crippen molar-refractivity contribution in [2.75, 3.05) is 0 Å². The van der Waals surface area contributed by atoms with Crippen molar-refractivity contribution in [3.05, 3.63) is 18.0 Å². The fourth-order valence-electron chi connectivity index (χ4n) is 0.780. The Bertz CT molecular complexity index is 218. The molecule has 1 aromatic heterocycles. The molecule has 0 unspecified atom stereocenters. The van der Waals surface area contributed by atoms with Gasteiger partial charge >= 0.3 is 0 Å². The van der Waals surface area contributed by atoms with Crippen LogP contribution in [0.2, 0.25) is 0 Å². The monoisotopic (exact) mass is 168 g/mol. The molecule has 0 aliphatic heterocycles. The summed E-state index contributed by atoms with van der Waals surface area (Å²) in [7, 11) is 0. The smallest absolute Gasteiger partial charge is 0.0543 e. The highest BCUT2D eigenvalue weighted by atomic mass is 15.3. The molecule has 12 heavy (non-hydrogen) atoms. The van der Waals surface area contributed by atoms with E-state index in [4.69, 9.17) is 0 Å². The van der Waals surface area contributed by atoms with Gasteiger partial charge in [0.25, 0.3) is 0 Å². The number of rotatable bonds is 0. The Morgan fingerprint density at radius 2 is 1.75 bits per heavy atom. The first-order chi connectivity index (χ1) is 5.50. The van der Waals surface area contributed by atoms with Gasteiger partial charge in [-0.25, -0.2) is 0 Å². The number of aromatic nitrogens is 2. The van der Waals surface area contributed by atoms with Gasteiger partial charge < -0.3 is 0 Å². The summed E-state index contributed by atoms with van der Waals surface area (Å²) in [6.45, 7) is 12.5. The van der Waals surface area contributed by atoms with Gasteiger partial charge in [-0.1, -0.05) is 13.8 Å². The van der Waals surface area contributed by atoms with E-state index in [9.17, 15) is 0 Å². The second-order valence-corrected chi connectivity index (χ2v) is 3.63. The molecule has 0 radical (unpaired) electrons. The maximum Gasteiger partial charge on any atom is 0.0543 e. The van der Waals surface area contributed by atoms with E-state index in [0.29, 0.717) is 0 Å². The van der Waals surface area contributed by atoms with Crippen LogP contribution in [0.4, 0.5) is 0 Å². The topological polar surface area (TPSA) is 17.8 Å². The average Bonchev–Trinajstić information content (AvgIpc) is 2.39. The molecule has 0 spiro atoms. The lowest BCUT2D eigenvalue weighted by Crippen LogP contribution is -2.21. The van der Waals surface area contributed by atoms with Gasteiger partial charge in [0, 0.05) is 6.20 Å². The lowest BCUT2D eigenvalue weighted by molar-refractivity contribution is 0.355. The van der Waals surface area contributed by atoms with Crippen LogP contribution in [0.5, 0.6) is 0 Å². The van der Waals surface area contributed by atoms with Gasteiger partial charge in [0.2, 0.25) is 0 Å². The van der Waals surface area contributed by atoms with E-state index in [1.807, 2.05) is 24.7 Å². The predicted octanol–water partition coefficient (Wildman–Crippen LogP) is 2.97. The Morgan fingerprint density at radius 3 is 1.92 bits per heavy atom. The minimum Gasteiger partial charge on any atom is -0.267 e. The molecule has 0 aliphatic carbocycles. The molecule has 0 N–H and O–H groups in total. The highest BCUT2D eigenvalue weighted by molar-refractivity contribution is 5.01. The Kier molecular flexibility index (Phi) is 4.01. The van der Waals surface area contributed by atoms with E-state index in [0.717, 1.165) is 0 Å². The summed E-state index contributed by atoms with van der Waals surface area (Å²) in [5, 5.41) is 4.20. The molecule has 0 atom stereocenters. The van der Waals surface area contributed by atoms with Crippen LogP contribution in [0.15, 0.2) is 12.4 Å². The van der Waals surface area contributed by atoms with Gasteiger partial charge in [0.05, 0.1) is 11.7 Å². The summed E-state index contributed by atoms with van der Waals surface area (Å²) in [6, 6.07) is 0. The van der Waals surface area contributed by atoms with Crippen LogP contribution < -0.4 is 0 Å². The summed E-state index contributed by atoms with van der Waals surface area (Å²) in [5.74, 6) is 0. The normalized spacial score (nSPS) is 10.5. The van der Waals surface area contributed by atoms with Gasteiger partial charge in [-0.3, -0.25) is 4.68 Å². The van der Waals surface area contributed by atoms with Gasteiger partial charge in [0.1, 0.15) is 0 Å². The lowest BCUT2D eigenvalue weighted by Gasteiger charge is -2.18. The van der Waals surface area contributed by atoms with Crippen molar-refractivity contribution in [3.8, 4) is 0 Å². The third-order valence-electron chi connectivity index (χ3n) is 1.40. The fraction of sp³-hybridized carbons (Fsp3) is 0.700. The Hall–Kier alpha value is -0.790. The summed E-state index contributed by atoms with van der Waals surface area (Å²) in [4.78, 5) is 0. The minimum atomic E-state index is 0.119. The molecule has 0 amide bonds. The number of aryl methyl sites for hydroxylation is 1. The maximum atomic E-state index is 4.20. The van der Waals surface area contributed by atoms with Gasteiger partial charge in [-0.15, -0.1) is 0 Å². The van der Waals surface area contributed by atoms with Gasteiger partial charge in [-0.05, 0) is 33.3 Å². The Balaban J connectivity index is 0.000000561. The highest BCUT2D eigenvalue weighted by Crippen LogP contribution is 2.12. The molecular formula is C10H20N2. The number of hydrogen-bond acceptors (Lipinski definition) is 1. The maximum absolute atomic E-state index is 4.20. The van der Waals surface area contributed by atoms with Crippen LogP contribution in [0.3, 0.4) is 0 Å². The molecule has 0 saturated heterocycles. The molecule has 2 heteroatoms. The lowest BCUT2D eigenvalue weighted by atomic mass is 10.1. The number of nitrogens with zero attached hydrogens (tertiary/aromatic N) is 2. The van der Waals surface area contributed by atoms with Crippen molar-refractivity contribution in [2.45, 2.75) is 47.1 Å². The van der Waals surface area contributed by atoms with Crippen molar-refractivity contribution < 1.29 is 0 Å². The quantitative estimate of drug-likeness (QED) is 0.582. The molecule has 1 heterocycles. The van der Waals surface area contributed by atoms with E-state index < -0.39 is 0 Å². The molecule has 70 valence electrons. The predicted molar refractivity (Wildman–Crippen MR) is 53.3 cm³/mol. The van der Waals surface area contributed by atoms with Crippen molar-refractivity contribution in [1.29, 1.82) is 0 Å². The minimum absolute atomic E-state index is 0.119. The third kappa shape index (κ3) is 3.07. The Morgan fingerprint density at radius 1 is 1.25 bits per heavy atom. The van der Waals surface area contributed by atoms with Crippen molar-refractivity contribution in [2.24, 2.45) is 0 Å². The van der Waals surface area contributed by atoms with Crippen LogP contribution in [0.1, 0.15) is 40.2 Å². The van der Waals surface area contributed by atoms with Gasteiger partial charge in [0.15, 0.2) is 0 Å². The van der Waals surface area contributed by atoms with E-state index in [-0.39, 0.29) is 5.54 Å². The zero-order valence-corrected chi connectivity index (χ0v) is 9.05. The van der Waals surface area contributed by atoms with Crippen LogP contribution >= 0.6 is 0 Å². The van der Waals surface area contributed by atoms with Crippen molar-refractivity contribution in [3.63, 3.8) is 0 Å². The first-order valence-corrected chi connectivity index (χ1v) is 4.52. The zero-order chi connectivity index (χ0) is 9.78. The zero-order valence-electron chi connectivity index (χ0n) is 9.05. The van der Waals surface area contributed by atoms with E-state index >= 15 is 0 Å². The Labute approximate surface area is 75.6 Å². The average molecular weight is 168 g/mol. The molecule has 0 aliphatic rings. The molecule has 0 aromatic carbocycles. The second-order valence-electron chi connectivity index (χ2n) is 3.63. The van der Waals surface area contributed by atoms with Crippen LogP contribution in [-0.4, -0.2) is 9.78 Å². The highest BCUT2D eigenvalue weighted by Gasteiger charge is 2.12. The van der Waals surface area contributed by atoms with Crippen LogP contribution in [-0.2, 0) is 5.54 Å².